The summed E-state index contributed by atoms with van der Waals surface area (Å²) in [6.45, 7) is 3.55. The van der Waals surface area contributed by atoms with Crippen LogP contribution in [0.25, 0.3) is 11.1 Å². The molecule has 1 aliphatic heterocycles. The van der Waals surface area contributed by atoms with Crippen molar-refractivity contribution in [1.82, 2.24) is 14.2 Å². The molecule has 10 heteroatoms. The number of benzene rings is 1. The number of nitrogens with zero attached hydrogens (tertiary/aromatic N) is 2. The molecule has 1 aromatic heterocycles. The Morgan fingerprint density at radius 3 is 2.71 bits per heavy atom. The van der Waals surface area contributed by atoms with Gasteiger partial charge < -0.3 is 14.5 Å². The van der Waals surface area contributed by atoms with E-state index in [1.807, 2.05) is 0 Å². The molecular weight excluding hydrogens is 386 g/mol. The van der Waals surface area contributed by atoms with Gasteiger partial charge in [0.2, 0.25) is 15.9 Å². The third kappa shape index (κ3) is 4.29. The molecule has 28 heavy (non-hydrogen) atoms. The summed E-state index contributed by atoms with van der Waals surface area (Å²) in [5.74, 6) is -0.560. The fourth-order valence-corrected chi connectivity index (χ4v) is 4.71. The van der Waals surface area contributed by atoms with Gasteiger partial charge in [-0.3, -0.25) is 9.36 Å². The van der Waals surface area contributed by atoms with Gasteiger partial charge in [0.25, 0.3) is 0 Å². The molecule has 2 heterocycles. The molecule has 2 aromatic rings. The Bertz CT molecular complexity index is 1000. The van der Waals surface area contributed by atoms with E-state index in [4.69, 9.17) is 9.15 Å². The zero-order valence-electron chi connectivity index (χ0n) is 16.0. The number of hydrogen-bond acceptors (Lipinski definition) is 6. The monoisotopic (exact) mass is 411 g/mol. The van der Waals surface area contributed by atoms with E-state index in [1.54, 1.807) is 0 Å². The first-order valence-corrected chi connectivity index (χ1v) is 10.7. The molecular formula is C18H25N3O6S. The molecule has 1 fully saturated rings. The van der Waals surface area contributed by atoms with Gasteiger partial charge in [0.1, 0.15) is 6.54 Å². The van der Waals surface area contributed by atoms with Crippen molar-refractivity contribution < 1.29 is 22.4 Å². The average Bonchev–Trinajstić information content (AvgIpc) is 2.97. The summed E-state index contributed by atoms with van der Waals surface area (Å²) in [5, 5.41) is 2.63. The van der Waals surface area contributed by atoms with Crippen molar-refractivity contribution in [3.8, 4) is 0 Å². The molecule has 1 aliphatic rings. The van der Waals surface area contributed by atoms with Gasteiger partial charge in [0, 0.05) is 32.8 Å². The van der Waals surface area contributed by atoms with Gasteiger partial charge in [-0.05, 0) is 30.9 Å². The maximum atomic E-state index is 12.9. The highest BCUT2D eigenvalue weighted by molar-refractivity contribution is 7.89. The fourth-order valence-electron chi connectivity index (χ4n) is 3.22. The molecule has 0 bridgehead atoms. The highest BCUT2D eigenvalue weighted by Gasteiger charge is 2.28. The lowest BCUT2D eigenvalue weighted by Crippen LogP contribution is -2.37. The Hall–Kier alpha value is -2.17. The maximum absolute atomic E-state index is 12.9. The van der Waals surface area contributed by atoms with Crippen LogP contribution in [-0.4, -0.2) is 56.5 Å². The number of fused-ring (bicyclic) bond motifs is 1. The number of oxazole rings is 1. The molecule has 1 amide bonds. The van der Waals surface area contributed by atoms with Crippen molar-refractivity contribution in [2.45, 2.75) is 31.2 Å². The smallest absolute Gasteiger partial charge is 0.408 e. The first-order chi connectivity index (χ1) is 13.3. The van der Waals surface area contributed by atoms with Crippen molar-refractivity contribution in [2.75, 3.05) is 33.4 Å². The Morgan fingerprint density at radius 1 is 1.32 bits per heavy atom. The van der Waals surface area contributed by atoms with Crippen LogP contribution in [0.2, 0.25) is 0 Å². The number of sulfonamides is 1. The Labute approximate surface area is 163 Å². The van der Waals surface area contributed by atoms with Crippen LogP contribution in [-0.2, 0) is 26.1 Å². The van der Waals surface area contributed by atoms with Crippen molar-refractivity contribution >= 4 is 27.0 Å². The SMILES string of the molecule is COCCNC(=O)Cn1c(=O)oc2cc(S(=O)(=O)N3CCC(C)CC3)ccc21. The molecule has 0 atom stereocenters. The van der Waals surface area contributed by atoms with Gasteiger partial charge in [-0.2, -0.15) is 4.31 Å². The number of carbonyl (C=O) groups excluding carboxylic acids is 1. The van der Waals surface area contributed by atoms with E-state index in [0.717, 1.165) is 12.8 Å². The summed E-state index contributed by atoms with van der Waals surface area (Å²) in [7, 11) is -2.13. The van der Waals surface area contributed by atoms with E-state index < -0.39 is 15.8 Å². The second kappa shape index (κ2) is 8.46. The van der Waals surface area contributed by atoms with E-state index in [1.165, 1.54) is 34.2 Å². The van der Waals surface area contributed by atoms with Crippen molar-refractivity contribution in [2.24, 2.45) is 5.92 Å². The van der Waals surface area contributed by atoms with Crippen LogP contribution in [0.1, 0.15) is 19.8 Å². The van der Waals surface area contributed by atoms with Crippen LogP contribution in [0.5, 0.6) is 0 Å². The highest BCUT2D eigenvalue weighted by Crippen LogP contribution is 2.25. The van der Waals surface area contributed by atoms with Crippen LogP contribution in [0, 0.1) is 5.92 Å². The van der Waals surface area contributed by atoms with Gasteiger partial charge >= 0.3 is 5.76 Å². The van der Waals surface area contributed by atoms with E-state index in [9.17, 15) is 18.0 Å². The molecule has 1 saturated heterocycles. The van der Waals surface area contributed by atoms with Gasteiger partial charge in [0.05, 0.1) is 17.0 Å². The minimum absolute atomic E-state index is 0.0833. The van der Waals surface area contributed by atoms with Crippen molar-refractivity contribution in [1.29, 1.82) is 0 Å². The number of methoxy groups -OCH3 is 1. The molecule has 1 N–H and O–H groups in total. The predicted octanol–water partition coefficient (Wildman–Crippen LogP) is 0.778. The summed E-state index contributed by atoms with van der Waals surface area (Å²) in [6, 6.07) is 4.30. The second-order valence-corrected chi connectivity index (χ2v) is 8.95. The molecule has 3 rings (SSSR count). The average molecular weight is 411 g/mol. The lowest BCUT2D eigenvalue weighted by atomic mass is 10.0. The molecule has 1 aromatic carbocycles. The topological polar surface area (TPSA) is 111 Å². The lowest BCUT2D eigenvalue weighted by Gasteiger charge is -2.29. The number of nitrogens with one attached hydrogen (secondary N) is 1. The molecule has 0 spiro atoms. The van der Waals surface area contributed by atoms with Gasteiger partial charge in [-0.15, -0.1) is 0 Å². The van der Waals surface area contributed by atoms with Crippen molar-refractivity contribution in [3.05, 3.63) is 28.7 Å². The van der Waals surface area contributed by atoms with Crippen LogP contribution in [0.3, 0.4) is 0 Å². The standard InChI is InChI=1S/C18H25N3O6S/c1-13-5-8-20(9-6-13)28(24,25)14-3-4-15-16(11-14)27-18(23)21(15)12-17(22)19-7-10-26-2/h3-4,11,13H,5-10,12H2,1-2H3,(H,19,22). The van der Waals surface area contributed by atoms with Crippen LogP contribution >= 0.6 is 0 Å². The normalized spacial score (nSPS) is 16.5. The molecule has 0 aliphatic carbocycles. The zero-order valence-corrected chi connectivity index (χ0v) is 16.8. The van der Waals surface area contributed by atoms with E-state index in [-0.39, 0.29) is 22.9 Å². The van der Waals surface area contributed by atoms with Crippen LogP contribution < -0.4 is 11.1 Å². The Kier molecular flexibility index (Phi) is 6.21. The zero-order chi connectivity index (χ0) is 20.3. The Balaban J connectivity index is 1.83. The predicted molar refractivity (Wildman–Crippen MR) is 103 cm³/mol. The largest absolute Gasteiger partial charge is 0.420 e. The summed E-state index contributed by atoms with van der Waals surface area (Å²) in [5.41, 5.74) is 0.513. The first kappa shape index (κ1) is 20.6. The lowest BCUT2D eigenvalue weighted by molar-refractivity contribution is -0.121. The van der Waals surface area contributed by atoms with Gasteiger partial charge in [-0.25, -0.2) is 13.2 Å². The summed E-state index contributed by atoms with van der Waals surface area (Å²) in [6.07, 6.45) is 1.65. The summed E-state index contributed by atoms with van der Waals surface area (Å²) < 4.78 is 38.4. The number of carbonyl (C=O) groups is 1. The fraction of sp³-hybridized carbons (Fsp3) is 0.556. The number of rotatable bonds is 7. The van der Waals surface area contributed by atoms with E-state index in [2.05, 4.69) is 12.2 Å². The van der Waals surface area contributed by atoms with Crippen molar-refractivity contribution in [3.63, 3.8) is 0 Å². The highest BCUT2D eigenvalue weighted by atomic mass is 32.2. The van der Waals surface area contributed by atoms with Gasteiger partial charge in [-0.1, -0.05) is 6.92 Å². The molecule has 9 nitrogen and oxygen atoms in total. The third-order valence-electron chi connectivity index (χ3n) is 4.95. The quantitative estimate of drug-likeness (QED) is 0.674. The van der Waals surface area contributed by atoms with Gasteiger partial charge in [0.15, 0.2) is 5.58 Å². The third-order valence-corrected chi connectivity index (χ3v) is 6.84. The summed E-state index contributed by atoms with van der Waals surface area (Å²) in [4.78, 5) is 24.2. The van der Waals surface area contributed by atoms with Crippen LogP contribution in [0.4, 0.5) is 0 Å². The number of hydrogen-bond donors (Lipinski definition) is 1. The number of ether oxygens (including phenoxy) is 1. The second-order valence-electron chi connectivity index (χ2n) is 7.01. The number of amides is 1. The summed E-state index contributed by atoms with van der Waals surface area (Å²) >= 11 is 0. The Morgan fingerprint density at radius 2 is 2.04 bits per heavy atom. The number of piperidine rings is 1. The molecule has 154 valence electrons. The number of aromatic nitrogens is 1. The minimum Gasteiger partial charge on any atom is -0.408 e. The molecule has 0 radical (unpaired) electrons. The van der Waals surface area contributed by atoms with E-state index >= 15 is 0 Å². The van der Waals surface area contributed by atoms with Crippen LogP contribution in [0.15, 0.2) is 32.3 Å². The maximum Gasteiger partial charge on any atom is 0.420 e. The molecule has 0 unspecified atom stereocenters. The first-order valence-electron chi connectivity index (χ1n) is 9.22. The van der Waals surface area contributed by atoms with E-state index in [0.29, 0.717) is 37.7 Å². The minimum atomic E-state index is -3.65. The molecule has 0 saturated carbocycles.